The first-order valence-electron chi connectivity index (χ1n) is 7.19. The minimum atomic E-state index is -0.868. The Morgan fingerprint density at radius 2 is 1.31 bits per heavy atom. The molecule has 0 aromatic rings. The summed E-state index contributed by atoms with van der Waals surface area (Å²) < 4.78 is 0. The highest BCUT2D eigenvalue weighted by Crippen LogP contribution is 2.38. The molecule has 0 aromatic carbocycles. The summed E-state index contributed by atoms with van der Waals surface area (Å²) >= 11 is 0. The van der Waals surface area contributed by atoms with Gasteiger partial charge in [0.15, 0.2) is 0 Å². The first kappa shape index (κ1) is 12.5. The number of fused-ring (bicyclic) bond motifs is 1. The Hall–Kier alpha value is 0.0249. The van der Waals surface area contributed by atoms with Crippen molar-refractivity contribution in [3.05, 3.63) is 0 Å². The lowest BCUT2D eigenvalue weighted by atomic mass is 9.66. The van der Waals surface area contributed by atoms with Crippen molar-refractivity contribution in [1.29, 1.82) is 0 Å². The SMILES string of the molecule is [B][C@]1(O)CCC[C@H]2CCCCCC[C@H]2CC1. The predicted octanol–water partition coefficient (Wildman–Crippen LogP) is 3.39. The van der Waals surface area contributed by atoms with Crippen LogP contribution in [0.4, 0.5) is 0 Å². The molecule has 2 aliphatic rings. The van der Waals surface area contributed by atoms with Crippen molar-refractivity contribution < 1.29 is 5.11 Å². The highest BCUT2D eigenvalue weighted by molar-refractivity contribution is 6.14. The van der Waals surface area contributed by atoms with E-state index in [1.165, 1.54) is 44.9 Å². The van der Waals surface area contributed by atoms with E-state index in [-0.39, 0.29) is 0 Å². The van der Waals surface area contributed by atoms with Gasteiger partial charge in [-0.1, -0.05) is 51.4 Å². The van der Waals surface area contributed by atoms with Gasteiger partial charge in [0, 0.05) is 5.50 Å². The first-order valence-corrected chi connectivity index (χ1v) is 7.19. The average Bonchev–Trinajstić information content (AvgIpc) is 2.18. The van der Waals surface area contributed by atoms with Crippen LogP contribution in [-0.4, -0.2) is 18.5 Å². The molecule has 90 valence electrons. The maximum Gasteiger partial charge on any atom is 0.113 e. The molecule has 3 atom stereocenters. The summed E-state index contributed by atoms with van der Waals surface area (Å²) in [4.78, 5) is 0. The van der Waals surface area contributed by atoms with Crippen molar-refractivity contribution >= 4 is 7.85 Å². The fourth-order valence-corrected chi connectivity index (χ4v) is 3.63. The van der Waals surface area contributed by atoms with Gasteiger partial charge in [-0.05, 0) is 31.1 Å². The van der Waals surface area contributed by atoms with Crippen molar-refractivity contribution in [3.63, 3.8) is 0 Å². The highest BCUT2D eigenvalue weighted by Gasteiger charge is 2.29. The molecule has 0 aliphatic heterocycles. The molecular formula is C14H25BO. The predicted molar refractivity (Wildman–Crippen MR) is 68.5 cm³/mol. The Morgan fingerprint density at radius 3 is 2.00 bits per heavy atom. The molecule has 2 rings (SSSR count). The van der Waals surface area contributed by atoms with Gasteiger partial charge in [0.2, 0.25) is 0 Å². The molecule has 0 saturated heterocycles. The summed E-state index contributed by atoms with van der Waals surface area (Å²) in [6.45, 7) is 0. The van der Waals surface area contributed by atoms with Crippen molar-refractivity contribution in [1.82, 2.24) is 0 Å². The smallest absolute Gasteiger partial charge is 0.113 e. The molecule has 16 heavy (non-hydrogen) atoms. The number of aliphatic hydroxyl groups is 1. The normalized spacial score (nSPS) is 42.3. The highest BCUT2D eigenvalue weighted by atomic mass is 16.3. The molecule has 2 saturated carbocycles. The zero-order valence-corrected chi connectivity index (χ0v) is 10.5. The second kappa shape index (κ2) is 5.57. The molecule has 0 aromatic heterocycles. The van der Waals surface area contributed by atoms with E-state index in [9.17, 15) is 5.11 Å². The van der Waals surface area contributed by atoms with E-state index < -0.39 is 5.50 Å². The van der Waals surface area contributed by atoms with E-state index in [1.807, 2.05) is 0 Å². The van der Waals surface area contributed by atoms with Gasteiger partial charge in [-0.15, -0.1) is 0 Å². The fourth-order valence-electron chi connectivity index (χ4n) is 3.63. The Balaban J connectivity index is 1.95. The molecular weight excluding hydrogens is 195 g/mol. The first-order chi connectivity index (χ1) is 7.67. The fraction of sp³-hybridized carbons (Fsp3) is 1.00. The molecule has 2 fully saturated rings. The largest absolute Gasteiger partial charge is 0.400 e. The zero-order chi connectivity index (χ0) is 11.4. The summed E-state index contributed by atoms with van der Waals surface area (Å²) in [5.74, 6) is 1.77. The second-order valence-electron chi connectivity index (χ2n) is 6.05. The molecule has 1 N–H and O–H groups in total. The van der Waals surface area contributed by atoms with Crippen LogP contribution in [0.2, 0.25) is 0 Å². The topological polar surface area (TPSA) is 20.2 Å². The summed E-state index contributed by atoms with van der Waals surface area (Å²) in [6, 6.07) is 0. The van der Waals surface area contributed by atoms with Crippen molar-refractivity contribution in [2.75, 3.05) is 0 Å². The monoisotopic (exact) mass is 220 g/mol. The molecule has 0 bridgehead atoms. The lowest BCUT2D eigenvalue weighted by Crippen LogP contribution is -2.33. The van der Waals surface area contributed by atoms with Gasteiger partial charge >= 0.3 is 0 Å². The van der Waals surface area contributed by atoms with Crippen LogP contribution in [-0.2, 0) is 0 Å². The Morgan fingerprint density at radius 1 is 0.750 bits per heavy atom. The Kier molecular flexibility index (Phi) is 4.35. The number of hydrogen-bond donors (Lipinski definition) is 1. The van der Waals surface area contributed by atoms with Gasteiger partial charge in [0.1, 0.15) is 7.85 Å². The van der Waals surface area contributed by atoms with Crippen molar-refractivity contribution in [2.24, 2.45) is 11.8 Å². The van der Waals surface area contributed by atoms with E-state index in [0.717, 1.165) is 37.5 Å². The molecule has 2 aliphatic carbocycles. The van der Waals surface area contributed by atoms with Crippen molar-refractivity contribution in [2.45, 2.75) is 76.1 Å². The number of hydrogen-bond acceptors (Lipinski definition) is 1. The third-order valence-electron chi connectivity index (χ3n) is 4.70. The van der Waals surface area contributed by atoms with E-state index >= 15 is 0 Å². The molecule has 0 amide bonds. The molecule has 2 radical (unpaired) electrons. The van der Waals surface area contributed by atoms with Crippen molar-refractivity contribution in [3.8, 4) is 0 Å². The minimum Gasteiger partial charge on any atom is -0.400 e. The van der Waals surface area contributed by atoms with Gasteiger partial charge < -0.3 is 5.11 Å². The van der Waals surface area contributed by atoms with E-state index in [0.29, 0.717) is 0 Å². The lowest BCUT2D eigenvalue weighted by Gasteiger charge is -2.36. The van der Waals surface area contributed by atoms with Gasteiger partial charge in [-0.2, -0.15) is 0 Å². The maximum atomic E-state index is 9.97. The van der Waals surface area contributed by atoms with Crippen LogP contribution >= 0.6 is 0 Å². The van der Waals surface area contributed by atoms with E-state index in [4.69, 9.17) is 7.85 Å². The third kappa shape index (κ3) is 3.51. The zero-order valence-electron chi connectivity index (χ0n) is 10.5. The molecule has 2 heteroatoms. The van der Waals surface area contributed by atoms with Gasteiger partial charge in [0.25, 0.3) is 0 Å². The van der Waals surface area contributed by atoms with Gasteiger partial charge in [-0.25, -0.2) is 0 Å². The molecule has 0 unspecified atom stereocenters. The van der Waals surface area contributed by atoms with Gasteiger partial charge in [-0.3, -0.25) is 0 Å². The van der Waals surface area contributed by atoms with Crippen LogP contribution in [0.5, 0.6) is 0 Å². The van der Waals surface area contributed by atoms with Crippen LogP contribution in [0.25, 0.3) is 0 Å². The Bertz CT molecular complexity index is 215. The maximum absolute atomic E-state index is 9.97. The molecule has 0 spiro atoms. The summed E-state index contributed by atoms with van der Waals surface area (Å²) in [7, 11) is 5.89. The summed E-state index contributed by atoms with van der Waals surface area (Å²) in [5.41, 5.74) is -0.868. The minimum absolute atomic E-state index is 0.802. The van der Waals surface area contributed by atoms with Gasteiger partial charge in [0.05, 0.1) is 0 Å². The summed E-state index contributed by atoms with van der Waals surface area (Å²) in [5, 5.41) is 9.97. The van der Waals surface area contributed by atoms with Crippen LogP contribution in [0.15, 0.2) is 0 Å². The average molecular weight is 220 g/mol. The van der Waals surface area contributed by atoms with Crippen LogP contribution < -0.4 is 0 Å². The van der Waals surface area contributed by atoms with E-state index in [2.05, 4.69) is 0 Å². The third-order valence-corrected chi connectivity index (χ3v) is 4.70. The standard InChI is InChI=1S/C14H25BO/c15-14(16)10-5-8-12-6-3-1-2-4-7-13(12)9-11-14/h12-13,16H,1-11H2/t12-,13+,14+/m1/s1. The Labute approximate surface area is 101 Å². The van der Waals surface area contributed by atoms with Crippen LogP contribution in [0, 0.1) is 11.8 Å². The summed E-state index contributed by atoms with van der Waals surface area (Å²) in [6.07, 6.45) is 13.6. The molecule has 1 nitrogen and oxygen atoms in total. The lowest BCUT2D eigenvalue weighted by molar-refractivity contribution is 0.0707. The second-order valence-corrected chi connectivity index (χ2v) is 6.05. The van der Waals surface area contributed by atoms with E-state index in [1.54, 1.807) is 0 Å². The quantitative estimate of drug-likeness (QED) is 0.620. The van der Waals surface area contributed by atoms with Crippen LogP contribution in [0.1, 0.15) is 70.6 Å². The number of rotatable bonds is 0. The van der Waals surface area contributed by atoms with Crippen LogP contribution in [0.3, 0.4) is 0 Å². The molecule has 0 heterocycles.